The van der Waals surface area contributed by atoms with Crippen LogP contribution in [-0.4, -0.2) is 12.7 Å². The highest BCUT2D eigenvalue weighted by atomic mass is 32.2. The van der Waals surface area contributed by atoms with Gasteiger partial charge >= 0.3 is 6.09 Å². The van der Waals surface area contributed by atoms with Crippen LogP contribution in [0.5, 0.6) is 5.75 Å². The maximum Gasteiger partial charge on any atom is 0.408 e. The number of benzene rings is 4. The number of ether oxygens (including phenoxy) is 2. The Morgan fingerprint density at radius 1 is 0.906 bits per heavy atom. The van der Waals surface area contributed by atoms with E-state index in [2.05, 4.69) is 66.0 Å². The fourth-order valence-electron chi connectivity index (χ4n) is 3.80. The molecule has 5 heteroatoms. The monoisotopic (exact) mass is 441 g/mol. The van der Waals surface area contributed by atoms with Crippen molar-refractivity contribution in [1.82, 2.24) is 5.32 Å². The van der Waals surface area contributed by atoms with Crippen molar-refractivity contribution in [2.75, 3.05) is 6.61 Å². The first-order chi connectivity index (χ1) is 15.6. The Kier molecular flexibility index (Phi) is 5.50. The molecule has 1 aliphatic heterocycles. The van der Waals surface area contributed by atoms with Crippen LogP contribution in [0.1, 0.15) is 18.1 Å². The summed E-state index contributed by atoms with van der Waals surface area (Å²) < 4.78 is 11.1. The van der Waals surface area contributed by atoms with Crippen LogP contribution in [0.2, 0.25) is 0 Å². The van der Waals surface area contributed by atoms with Crippen LogP contribution in [0, 0.1) is 0 Å². The molecular weight excluding hydrogens is 418 g/mol. The molecule has 1 heterocycles. The van der Waals surface area contributed by atoms with Crippen LogP contribution in [0.3, 0.4) is 0 Å². The van der Waals surface area contributed by atoms with E-state index in [9.17, 15) is 4.79 Å². The Balaban J connectivity index is 1.31. The molecule has 0 aliphatic carbocycles. The standard InChI is InChI=1S/C27H23NO3S/c1-27(18-31-26(29)28-27)22-12-10-21-15-25(13-11-20(21)14-22)32-24-9-5-8-23(16-24)30-17-19-6-3-2-4-7-19/h2-16H,17-18H2,1H3,(H,28,29). The average molecular weight is 442 g/mol. The zero-order valence-electron chi connectivity index (χ0n) is 17.7. The fraction of sp³-hybridized carbons (Fsp3) is 0.148. The topological polar surface area (TPSA) is 47.6 Å². The smallest absolute Gasteiger partial charge is 0.408 e. The number of amides is 1. The summed E-state index contributed by atoms with van der Waals surface area (Å²) in [5, 5.41) is 5.19. The third-order valence-corrected chi connectivity index (χ3v) is 6.59. The van der Waals surface area contributed by atoms with Gasteiger partial charge in [0.15, 0.2) is 0 Å². The van der Waals surface area contributed by atoms with Gasteiger partial charge in [-0.1, -0.05) is 66.4 Å². The fourth-order valence-corrected chi connectivity index (χ4v) is 4.71. The van der Waals surface area contributed by atoms with E-state index in [-0.39, 0.29) is 6.09 Å². The van der Waals surface area contributed by atoms with Gasteiger partial charge in [0.25, 0.3) is 0 Å². The maximum atomic E-state index is 11.5. The number of hydrogen-bond acceptors (Lipinski definition) is 4. The zero-order chi connectivity index (χ0) is 22.0. The van der Waals surface area contributed by atoms with Gasteiger partial charge in [0.2, 0.25) is 0 Å². The lowest BCUT2D eigenvalue weighted by Gasteiger charge is -2.22. The molecule has 4 aromatic rings. The quantitative estimate of drug-likeness (QED) is 0.370. The van der Waals surface area contributed by atoms with Gasteiger partial charge in [0, 0.05) is 9.79 Å². The van der Waals surface area contributed by atoms with Gasteiger partial charge in [0.05, 0.1) is 5.54 Å². The summed E-state index contributed by atoms with van der Waals surface area (Å²) in [5.41, 5.74) is 1.70. The van der Waals surface area contributed by atoms with Gasteiger partial charge in [-0.25, -0.2) is 4.79 Å². The molecule has 160 valence electrons. The molecule has 1 N–H and O–H groups in total. The van der Waals surface area contributed by atoms with Crippen molar-refractivity contribution in [3.8, 4) is 5.75 Å². The molecule has 0 aromatic heterocycles. The van der Waals surface area contributed by atoms with E-state index in [1.807, 2.05) is 37.3 Å². The molecule has 4 aromatic carbocycles. The lowest BCUT2D eigenvalue weighted by Crippen LogP contribution is -2.37. The highest BCUT2D eigenvalue weighted by Gasteiger charge is 2.36. The summed E-state index contributed by atoms with van der Waals surface area (Å²) >= 11 is 1.71. The first-order valence-corrected chi connectivity index (χ1v) is 11.3. The van der Waals surface area contributed by atoms with E-state index in [0.29, 0.717) is 13.2 Å². The number of rotatable bonds is 6. The highest BCUT2D eigenvalue weighted by Crippen LogP contribution is 2.34. The van der Waals surface area contributed by atoms with Gasteiger partial charge in [-0.05, 0) is 65.2 Å². The van der Waals surface area contributed by atoms with Gasteiger partial charge in [-0.2, -0.15) is 0 Å². The van der Waals surface area contributed by atoms with Gasteiger partial charge in [-0.3, -0.25) is 0 Å². The van der Waals surface area contributed by atoms with Crippen molar-refractivity contribution in [3.63, 3.8) is 0 Å². The molecule has 1 fully saturated rings. The maximum absolute atomic E-state index is 11.5. The van der Waals surface area contributed by atoms with E-state index in [0.717, 1.165) is 37.4 Å². The number of fused-ring (bicyclic) bond motifs is 1. The summed E-state index contributed by atoms with van der Waals surface area (Å²) in [6.45, 7) is 2.88. The largest absolute Gasteiger partial charge is 0.489 e. The minimum absolute atomic E-state index is 0.341. The molecule has 32 heavy (non-hydrogen) atoms. The Morgan fingerprint density at radius 3 is 2.50 bits per heavy atom. The van der Waals surface area contributed by atoms with Crippen LogP contribution in [0.25, 0.3) is 10.8 Å². The van der Waals surface area contributed by atoms with Crippen molar-refractivity contribution in [1.29, 1.82) is 0 Å². The molecule has 0 saturated carbocycles. The Hall–Kier alpha value is -3.44. The van der Waals surface area contributed by atoms with E-state index >= 15 is 0 Å². The van der Waals surface area contributed by atoms with Crippen molar-refractivity contribution in [3.05, 3.63) is 102 Å². The minimum atomic E-state index is -0.487. The predicted octanol–water partition coefficient (Wildman–Crippen LogP) is 6.53. The normalized spacial score (nSPS) is 17.7. The molecule has 1 unspecified atom stereocenters. The number of carbonyl (C=O) groups excluding carboxylic acids is 1. The Labute approximate surface area is 191 Å². The zero-order valence-corrected chi connectivity index (χ0v) is 18.5. The van der Waals surface area contributed by atoms with Crippen LogP contribution < -0.4 is 10.1 Å². The molecular formula is C27H23NO3S. The molecule has 1 saturated heterocycles. The van der Waals surface area contributed by atoms with Crippen LogP contribution >= 0.6 is 11.8 Å². The summed E-state index contributed by atoms with van der Waals surface area (Å²) in [4.78, 5) is 13.8. The van der Waals surface area contributed by atoms with Gasteiger partial charge in [0.1, 0.15) is 19.0 Å². The Morgan fingerprint density at radius 2 is 1.69 bits per heavy atom. The molecule has 1 atom stereocenters. The minimum Gasteiger partial charge on any atom is -0.489 e. The second-order valence-corrected chi connectivity index (χ2v) is 9.26. The molecule has 0 radical (unpaired) electrons. The average Bonchev–Trinajstić information content (AvgIpc) is 3.18. The Bertz CT molecular complexity index is 1270. The highest BCUT2D eigenvalue weighted by molar-refractivity contribution is 7.99. The number of alkyl carbamates (subject to hydrolysis) is 1. The van der Waals surface area contributed by atoms with Crippen molar-refractivity contribution in [2.45, 2.75) is 28.9 Å². The number of nitrogens with one attached hydrogen (secondary N) is 1. The van der Waals surface area contributed by atoms with Crippen molar-refractivity contribution in [2.24, 2.45) is 0 Å². The first-order valence-electron chi connectivity index (χ1n) is 10.5. The first kappa shape index (κ1) is 20.5. The molecule has 1 amide bonds. The van der Waals surface area contributed by atoms with Gasteiger partial charge < -0.3 is 14.8 Å². The number of hydrogen-bond donors (Lipinski definition) is 1. The second kappa shape index (κ2) is 8.60. The molecule has 1 aliphatic rings. The van der Waals surface area contributed by atoms with Crippen molar-refractivity contribution >= 4 is 28.6 Å². The summed E-state index contributed by atoms with van der Waals surface area (Å²) in [6.07, 6.45) is -0.366. The lowest BCUT2D eigenvalue weighted by atomic mass is 9.92. The van der Waals surface area contributed by atoms with E-state index in [1.165, 1.54) is 0 Å². The summed E-state index contributed by atoms with van der Waals surface area (Å²) in [5.74, 6) is 0.860. The summed E-state index contributed by atoms with van der Waals surface area (Å²) in [7, 11) is 0. The molecule has 0 bridgehead atoms. The summed E-state index contributed by atoms with van der Waals surface area (Å²) in [6, 6.07) is 31.1. The predicted molar refractivity (Wildman–Crippen MR) is 127 cm³/mol. The van der Waals surface area contributed by atoms with Crippen LogP contribution in [-0.2, 0) is 16.9 Å². The third-order valence-electron chi connectivity index (χ3n) is 5.61. The number of cyclic esters (lactones) is 1. The van der Waals surface area contributed by atoms with Gasteiger partial charge in [-0.15, -0.1) is 0 Å². The van der Waals surface area contributed by atoms with E-state index in [4.69, 9.17) is 9.47 Å². The molecule has 4 nitrogen and oxygen atoms in total. The van der Waals surface area contributed by atoms with E-state index in [1.54, 1.807) is 11.8 Å². The third kappa shape index (κ3) is 4.43. The number of carbonyl (C=O) groups is 1. The van der Waals surface area contributed by atoms with E-state index < -0.39 is 5.54 Å². The molecule has 5 rings (SSSR count). The van der Waals surface area contributed by atoms with Crippen molar-refractivity contribution < 1.29 is 14.3 Å². The molecule has 0 spiro atoms. The second-order valence-electron chi connectivity index (χ2n) is 8.11. The SMILES string of the molecule is CC1(c2ccc3cc(Sc4cccc(OCc5ccccc5)c4)ccc3c2)COC(=O)N1. The van der Waals surface area contributed by atoms with Crippen LogP contribution in [0.15, 0.2) is 101 Å². The lowest BCUT2D eigenvalue weighted by molar-refractivity contribution is 0.173. The van der Waals surface area contributed by atoms with Crippen LogP contribution in [0.4, 0.5) is 4.79 Å².